The Balaban J connectivity index is 0.00000225. The molecule has 1 fully saturated rings. The van der Waals surface area contributed by atoms with Gasteiger partial charge in [0.1, 0.15) is 0 Å². The molecule has 1 saturated heterocycles. The van der Waals surface area contributed by atoms with Crippen LogP contribution in [-0.2, 0) is 4.74 Å². The van der Waals surface area contributed by atoms with Crippen molar-refractivity contribution in [1.29, 1.82) is 0 Å². The average molecular weight is 474 g/mol. The number of piperazine rings is 1. The Morgan fingerprint density at radius 2 is 1.57 bits per heavy atom. The fraction of sp³-hybridized carbons (Fsp3) is 0.435. The number of rotatable bonds is 9. The van der Waals surface area contributed by atoms with Gasteiger partial charge in [-0.15, -0.1) is 24.8 Å². The minimum absolute atomic E-state index is 0. The first-order valence-electron chi connectivity index (χ1n) is 9.97. The van der Waals surface area contributed by atoms with Crippen molar-refractivity contribution in [2.75, 3.05) is 46.4 Å². The number of benzene rings is 2. The predicted octanol–water partition coefficient (Wildman–Crippen LogP) is 5.15. The molecule has 2 aromatic rings. The van der Waals surface area contributed by atoms with Crippen molar-refractivity contribution in [1.82, 2.24) is 9.80 Å². The van der Waals surface area contributed by atoms with Crippen LogP contribution in [0.1, 0.15) is 34.9 Å². The fourth-order valence-electron chi connectivity index (χ4n) is 3.66. The van der Waals surface area contributed by atoms with Gasteiger partial charge in [0.05, 0.1) is 6.10 Å². The SMILES string of the molecule is COC(CN1CCN(CCCC(=O)c2ccc(Cl)cc2)CC1)c1ccccc1.Cl.Cl. The highest BCUT2D eigenvalue weighted by atomic mass is 35.5. The van der Waals surface area contributed by atoms with Gasteiger partial charge in [-0.1, -0.05) is 41.9 Å². The van der Waals surface area contributed by atoms with Gasteiger partial charge in [0.15, 0.2) is 5.78 Å². The molecule has 1 aliphatic rings. The van der Waals surface area contributed by atoms with Gasteiger partial charge in [0.2, 0.25) is 0 Å². The van der Waals surface area contributed by atoms with Gasteiger partial charge in [-0.25, -0.2) is 0 Å². The summed E-state index contributed by atoms with van der Waals surface area (Å²) in [5.41, 5.74) is 1.98. The highest BCUT2D eigenvalue weighted by molar-refractivity contribution is 6.30. The monoisotopic (exact) mass is 472 g/mol. The largest absolute Gasteiger partial charge is 0.375 e. The van der Waals surface area contributed by atoms with Gasteiger partial charge in [-0.3, -0.25) is 9.69 Å². The van der Waals surface area contributed by atoms with Gasteiger partial charge in [-0.2, -0.15) is 0 Å². The molecule has 0 spiro atoms. The number of ketones is 1. The number of nitrogens with zero attached hydrogens (tertiary/aromatic N) is 2. The lowest BCUT2D eigenvalue weighted by Crippen LogP contribution is -2.47. The zero-order valence-electron chi connectivity index (χ0n) is 17.3. The maximum Gasteiger partial charge on any atom is 0.162 e. The van der Waals surface area contributed by atoms with Crippen LogP contribution in [0.5, 0.6) is 0 Å². The third kappa shape index (κ3) is 8.18. The molecule has 0 saturated carbocycles. The Hall–Kier alpha value is -1.14. The van der Waals surface area contributed by atoms with Crippen molar-refractivity contribution in [3.8, 4) is 0 Å². The first kappa shape index (κ1) is 26.9. The fourth-order valence-corrected chi connectivity index (χ4v) is 3.78. The number of carbonyl (C=O) groups is 1. The maximum atomic E-state index is 12.3. The minimum atomic E-state index is 0. The number of methoxy groups -OCH3 is 1. The molecule has 0 aromatic heterocycles. The van der Waals surface area contributed by atoms with E-state index in [9.17, 15) is 4.79 Å². The van der Waals surface area contributed by atoms with E-state index in [-0.39, 0.29) is 36.7 Å². The van der Waals surface area contributed by atoms with Crippen LogP contribution < -0.4 is 0 Å². The number of carbonyl (C=O) groups excluding carboxylic acids is 1. The summed E-state index contributed by atoms with van der Waals surface area (Å²) in [6.07, 6.45) is 1.60. The molecule has 2 aromatic carbocycles. The first-order valence-corrected chi connectivity index (χ1v) is 10.3. The van der Waals surface area contributed by atoms with Crippen LogP contribution in [0.2, 0.25) is 5.02 Å². The van der Waals surface area contributed by atoms with Gasteiger partial charge >= 0.3 is 0 Å². The zero-order valence-corrected chi connectivity index (χ0v) is 19.7. The Labute approximate surface area is 197 Å². The van der Waals surface area contributed by atoms with Gasteiger partial charge in [-0.05, 0) is 42.8 Å². The molecule has 7 heteroatoms. The number of hydrogen-bond donors (Lipinski definition) is 0. The maximum absolute atomic E-state index is 12.3. The second-order valence-corrected chi connectivity index (χ2v) is 7.75. The lowest BCUT2D eigenvalue weighted by molar-refractivity contribution is 0.0416. The van der Waals surface area contributed by atoms with Crippen molar-refractivity contribution in [3.05, 3.63) is 70.7 Å². The molecule has 0 amide bonds. The summed E-state index contributed by atoms with van der Waals surface area (Å²) in [5, 5.41) is 0.664. The molecule has 1 aliphatic heterocycles. The lowest BCUT2D eigenvalue weighted by atomic mass is 10.1. The van der Waals surface area contributed by atoms with E-state index in [4.69, 9.17) is 16.3 Å². The van der Waals surface area contributed by atoms with E-state index in [1.807, 2.05) is 18.2 Å². The smallest absolute Gasteiger partial charge is 0.162 e. The van der Waals surface area contributed by atoms with Crippen molar-refractivity contribution < 1.29 is 9.53 Å². The van der Waals surface area contributed by atoms with E-state index < -0.39 is 0 Å². The second kappa shape index (κ2) is 14.0. The van der Waals surface area contributed by atoms with E-state index in [1.165, 1.54) is 5.56 Å². The summed E-state index contributed by atoms with van der Waals surface area (Å²) in [7, 11) is 1.78. The van der Waals surface area contributed by atoms with Crippen LogP contribution in [0.3, 0.4) is 0 Å². The Morgan fingerprint density at radius 1 is 0.967 bits per heavy atom. The molecule has 3 rings (SSSR count). The van der Waals surface area contributed by atoms with Crippen LogP contribution in [-0.4, -0.2) is 62.0 Å². The van der Waals surface area contributed by atoms with Crippen LogP contribution in [0, 0.1) is 0 Å². The molecular formula is C23H31Cl3N2O2. The number of ether oxygens (including phenoxy) is 1. The third-order valence-electron chi connectivity index (χ3n) is 5.39. The molecular weight excluding hydrogens is 443 g/mol. The molecule has 0 N–H and O–H groups in total. The van der Waals surface area contributed by atoms with Crippen molar-refractivity contribution in [2.24, 2.45) is 0 Å². The van der Waals surface area contributed by atoms with Crippen molar-refractivity contribution >= 4 is 42.2 Å². The summed E-state index contributed by atoms with van der Waals surface area (Å²) < 4.78 is 5.71. The standard InChI is InChI=1S/C23H29ClN2O2.2ClH/c1-28-23(20-6-3-2-4-7-20)18-26-16-14-25(15-17-26)13-5-8-22(27)19-9-11-21(24)12-10-19;;/h2-4,6-7,9-12,23H,5,8,13-18H2,1H3;2*1H. The van der Waals surface area contributed by atoms with Crippen LogP contribution in [0.4, 0.5) is 0 Å². The van der Waals surface area contributed by atoms with Crippen LogP contribution in [0.25, 0.3) is 0 Å². The van der Waals surface area contributed by atoms with E-state index >= 15 is 0 Å². The Kier molecular flexibility index (Phi) is 12.6. The normalized spacial score (nSPS) is 15.7. The summed E-state index contributed by atoms with van der Waals surface area (Å²) in [5.74, 6) is 0.195. The minimum Gasteiger partial charge on any atom is -0.375 e. The molecule has 0 bridgehead atoms. The number of Topliss-reactive ketones (excluding diaryl/α,β-unsaturated/α-hetero) is 1. The first-order chi connectivity index (χ1) is 13.7. The molecule has 1 unspecified atom stereocenters. The van der Waals surface area contributed by atoms with Crippen LogP contribution in [0.15, 0.2) is 54.6 Å². The topological polar surface area (TPSA) is 32.8 Å². The summed E-state index contributed by atoms with van der Waals surface area (Å²) in [6, 6.07) is 17.6. The van der Waals surface area contributed by atoms with E-state index in [0.717, 1.165) is 51.3 Å². The molecule has 0 radical (unpaired) electrons. The van der Waals surface area contributed by atoms with Gasteiger partial charge in [0.25, 0.3) is 0 Å². The molecule has 30 heavy (non-hydrogen) atoms. The molecule has 1 heterocycles. The zero-order chi connectivity index (χ0) is 19.8. The van der Waals surface area contributed by atoms with E-state index in [2.05, 4.69) is 34.1 Å². The van der Waals surface area contributed by atoms with Crippen molar-refractivity contribution in [3.63, 3.8) is 0 Å². The van der Waals surface area contributed by atoms with Gasteiger partial charge in [0, 0.05) is 56.8 Å². The highest BCUT2D eigenvalue weighted by Crippen LogP contribution is 2.19. The quantitative estimate of drug-likeness (QED) is 0.471. The molecule has 0 aliphatic carbocycles. The average Bonchev–Trinajstić information content (AvgIpc) is 2.74. The predicted molar refractivity (Wildman–Crippen MR) is 129 cm³/mol. The third-order valence-corrected chi connectivity index (χ3v) is 5.64. The number of hydrogen-bond acceptors (Lipinski definition) is 4. The van der Waals surface area contributed by atoms with Gasteiger partial charge < -0.3 is 9.64 Å². The summed E-state index contributed by atoms with van der Waals surface area (Å²) in [4.78, 5) is 17.2. The second-order valence-electron chi connectivity index (χ2n) is 7.31. The Bertz CT molecular complexity index is 736. The number of halogens is 3. The van der Waals surface area contributed by atoms with Crippen LogP contribution >= 0.6 is 36.4 Å². The van der Waals surface area contributed by atoms with E-state index in [1.54, 1.807) is 19.2 Å². The molecule has 4 nitrogen and oxygen atoms in total. The Morgan fingerprint density at radius 3 is 2.17 bits per heavy atom. The lowest BCUT2D eigenvalue weighted by Gasteiger charge is -2.36. The van der Waals surface area contributed by atoms with E-state index in [0.29, 0.717) is 11.4 Å². The molecule has 166 valence electrons. The highest BCUT2D eigenvalue weighted by Gasteiger charge is 2.21. The van der Waals surface area contributed by atoms with Crippen molar-refractivity contribution in [2.45, 2.75) is 18.9 Å². The summed E-state index contributed by atoms with van der Waals surface area (Å²) >= 11 is 5.88. The molecule has 1 atom stereocenters. The summed E-state index contributed by atoms with van der Waals surface area (Å²) in [6.45, 7) is 6.05.